The summed E-state index contributed by atoms with van der Waals surface area (Å²) in [7, 11) is 1.60. The summed E-state index contributed by atoms with van der Waals surface area (Å²) in [6, 6.07) is 8.92. The molecule has 2 aromatic rings. The molecule has 2 aromatic carbocycles. The third kappa shape index (κ3) is 5.88. The Bertz CT molecular complexity index is 916. The maximum atomic E-state index is 12.8. The molecule has 1 atom stereocenters. The highest BCUT2D eigenvalue weighted by Crippen LogP contribution is 2.40. The maximum Gasteiger partial charge on any atom is 0.416 e. The van der Waals surface area contributed by atoms with Gasteiger partial charge in [0.15, 0.2) is 11.5 Å². The van der Waals surface area contributed by atoms with Gasteiger partial charge in [-0.05, 0) is 42.7 Å². The molecule has 0 bridgehead atoms. The summed E-state index contributed by atoms with van der Waals surface area (Å²) >= 11 is 0. The van der Waals surface area contributed by atoms with Crippen molar-refractivity contribution in [2.45, 2.75) is 25.6 Å². The number of rotatable bonds is 4. The molecule has 0 aromatic heterocycles. The number of aliphatic carboxylic acids is 2. The third-order valence-electron chi connectivity index (χ3n) is 4.56. The summed E-state index contributed by atoms with van der Waals surface area (Å²) in [5, 5.41) is 18.2. The number of fused-ring (bicyclic) bond motifs is 1. The zero-order valence-electron chi connectivity index (χ0n) is 16.8. The molecule has 0 amide bonds. The summed E-state index contributed by atoms with van der Waals surface area (Å²) in [6.45, 7) is 3.14. The molecule has 0 saturated heterocycles. The van der Waals surface area contributed by atoms with E-state index >= 15 is 0 Å². The van der Waals surface area contributed by atoms with E-state index in [9.17, 15) is 13.2 Å². The van der Waals surface area contributed by atoms with Crippen molar-refractivity contribution in [2.24, 2.45) is 0 Å². The summed E-state index contributed by atoms with van der Waals surface area (Å²) in [6.07, 6.45) is -3.55. The van der Waals surface area contributed by atoms with E-state index in [-0.39, 0.29) is 6.04 Å². The van der Waals surface area contributed by atoms with Crippen LogP contribution in [0.1, 0.15) is 35.2 Å². The van der Waals surface area contributed by atoms with E-state index in [1.807, 2.05) is 19.1 Å². The van der Waals surface area contributed by atoms with Crippen LogP contribution in [0.25, 0.3) is 0 Å². The van der Waals surface area contributed by atoms with Gasteiger partial charge in [-0.1, -0.05) is 18.2 Å². The Kier molecular flexibility index (Phi) is 7.87. The minimum atomic E-state index is -4.33. The topological polar surface area (TPSA) is 105 Å². The Labute approximate surface area is 176 Å². The van der Waals surface area contributed by atoms with Gasteiger partial charge in [-0.15, -0.1) is 0 Å². The van der Waals surface area contributed by atoms with Gasteiger partial charge in [-0.25, -0.2) is 9.59 Å². The molecule has 0 spiro atoms. The fourth-order valence-corrected chi connectivity index (χ4v) is 3.23. The lowest BCUT2D eigenvalue weighted by molar-refractivity contribution is -0.159. The Balaban J connectivity index is 0.000000501. The molecule has 0 saturated carbocycles. The highest BCUT2D eigenvalue weighted by Gasteiger charge is 2.31. The highest BCUT2D eigenvalue weighted by atomic mass is 19.4. The zero-order chi connectivity index (χ0) is 23.2. The van der Waals surface area contributed by atoms with Crippen molar-refractivity contribution in [1.82, 2.24) is 5.32 Å². The summed E-state index contributed by atoms with van der Waals surface area (Å²) in [5.41, 5.74) is 2.21. The second-order valence-corrected chi connectivity index (χ2v) is 6.46. The van der Waals surface area contributed by atoms with E-state index in [4.69, 9.17) is 29.3 Å². The molecular weight excluding hydrogens is 419 g/mol. The summed E-state index contributed by atoms with van der Waals surface area (Å²) in [4.78, 5) is 18.2. The van der Waals surface area contributed by atoms with Crippen molar-refractivity contribution in [3.05, 3.63) is 58.7 Å². The number of carboxylic acid groups (broad SMARTS) is 2. The zero-order valence-corrected chi connectivity index (χ0v) is 16.8. The van der Waals surface area contributed by atoms with Crippen molar-refractivity contribution in [3.63, 3.8) is 0 Å². The normalized spacial score (nSPS) is 15.2. The first-order valence-corrected chi connectivity index (χ1v) is 9.29. The molecule has 0 radical (unpaired) electrons. The number of ether oxygens (including phenoxy) is 2. The van der Waals surface area contributed by atoms with Crippen LogP contribution in [0.4, 0.5) is 13.2 Å². The number of hydrogen-bond acceptors (Lipinski definition) is 5. The summed E-state index contributed by atoms with van der Waals surface area (Å²) in [5.74, 6) is -2.25. The standard InChI is InChI=1S/C19H20F3NO2.C2H2O4/c1-3-25-18-15-10-11-23-17(14(15)8-9-16(18)24-2)12-4-6-13(7-5-12)19(20,21)22;3-1(4)2(5)6/h4-9,17,23H,3,10-11H2,1-2H3;(H,3,4)(H,5,6). The third-order valence-corrected chi connectivity index (χ3v) is 4.56. The average molecular weight is 441 g/mol. The fraction of sp³-hybridized carbons (Fsp3) is 0.333. The van der Waals surface area contributed by atoms with Crippen molar-refractivity contribution < 1.29 is 42.4 Å². The Morgan fingerprint density at radius 2 is 1.71 bits per heavy atom. The van der Waals surface area contributed by atoms with E-state index in [1.54, 1.807) is 7.11 Å². The molecule has 168 valence electrons. The molecule has 0 fully saturated rings. The highest BCUT2D eigenvalue weighted by molar-refractivity contribution is 6.27. The van der Waals surface area contributed by atoms with Crippen LogP contribution in [0.3, 0.4) is 0 Å². The fourth-order valence-electron chi connectivity index (χ4n) is 3.23. The van der Waals surface area contributed by atoms with Gasteiger partial charge >= 0.3 is 18.1 Å². The number of alkyl halides is 3. The number of benzene rings is 2. The first kappa shape index (κ1) is 24.0. The Morgan fingerprint density at radius 1 is 1.10 bits per heavy atom. The molecule has 3 N–H and O–H groups in total. The molecular formula is C21H22F3NO6. The summed E-state index contributed by atoms with van der Waals surface area (Å²) < 4.78 is 49.5. The average Bonchev–Trinajstić information content (AvgIpc) is 2.73. The molecule has 1 unspecified atom stereocenters. The molecule has 1 aliphatic rings. The first-order chi connectivity index (χ1) is 14.6. The van der Waals surface area contributed by atoms with Crippen LogP contribution in [-0.4, -0.2) is 42.4 Å². The minimum Gasteiger partial charge on any atom is -0.493 e. The van der Waals surface area contributed by atoms with Crippen LogP contribution in [0.5, 0.6) is 11.5 Å². The van der Waals surface area contributed by atoms with Gasteiger partial charge in [0, 0.05) is 12.1 Å². The lowest BCUT2D eigenvalue weighted by atomic mass is 9.88. The van der Waals surface area contributed by atoms with Crippen LogP contribution in [0, 0.1) is 0 Å². The predicted molar refractivity (Wildman–Crippen MR) is 104 cm³/mol. The quantitative estimate of drug-likeness (QED) is 0.624. The van der Waals surface area contributed by atoms with Crippen LogP contribution < -0.4 is 14.8 Å². The number of carbonyl (C=O) groups is 2. The molecule has 3 rings (SSSR count). The second kappa shape index (κ2) is 10.2. The van der Waals surface area contributed by atoms with Gasteiger partial charge in [-0.2, -0.15) is 13.2 Å². The molecule has 10 heteroatoms. The molecule has 31 heavy (non-hydrogen) atoms. The van der Waals surface area contributed by atoms with Gasteiger partial charge in [0.2, 0.25) is 0 Å². The van der Waals surface area contributed by atoms with Crippen molar-refractivity contribution in [1.29, 1.82) is 0 Å². The van der Waals surface area contributed by atoms with Gasteiger partial charge in [0.25, 0.3) is 0 Å². The first-order valence-electron chi connectivity index (χ1n) is 9.29. The number of halogens is 3. The van der Waals surface area contributed by atoms with Gasteiger partial charge in [0.05, 0.1) is 25.3 Å². The Morgan fingerprint density at radius 3 is 2.19 bits per heavy atom. The largest absolute Gasteiger partial charge is 0.493 e. The van der Waals surface area contributed by atoms with Crippen LogP contribution >= 0.6 is 0 Å². The second-order valence-electron chi connectivity index (χ2n) is 6.46. The number of nitrogens with one attached hydrogen (secondary N) is 1. The van der Waals surface area contributed by atoms with Gasteiger partial charge < -0.3 is 25.0 Å². The van der Waals surface area contributed by atoms with Gasteiger partial charge in [-0.3, -0.25) is 0 Å². The Hall–Kier alpha value is -3.27. The number of carboxylic acids is 2. The van der Waals surface area contributed by atoms with E-state index in [0.29, 0.717) is 18.9 Å². The lowest BCUT2D eigenvalue weighted by Crippen LogP contribution is -2.31. The molecule has 1 aliphatic heterocycles. The SMILES string of the molecule is CCOc1c(OC)ccc2c1CCNC2c1ccc(C(F)(F)F)cc1.O=C(O)C(=O)O. The van der Waals surface area contributed by atoms with Crippen LogP contribution in [0.15, 0.2) is 36.4 Å². The minimum absolute atomic E-state index is 0.170. The van der Waals surface area contributed by atoms with Crippen LogP contribution in [0.2, 0.25) is 0 Å². The maximum absolute atomic E-state index is 12.8. The van der Waals surface area contributed by atoms with E-state index in [2.05, 4.69) is 5.32 Å². The molecule has 1 heterocycles. The van der Waals surface area contributed by atoms with Crippen molar-refractivity contribution in [3.8, 4) is 11.5 Å². The predicted octanol–water partition coefficient (Wildman–Crippen LogP) is 3.50. The smallest absolute Gasteiger partial charge is 0.416 e. The number of methoxy groups -OCH3 is 1. The molecule has 0 aliphatic carbocycles. The lowest BCUT2D eigenvalue weighted by Gasteiger charge is -2.29. The van der Waals surface area contributed by atoms with Crippen LogP contribution in [-0.2, 0) is 22.2 Å². The van der Waals surface area contributed by atoms with E-state index in [1.165, 1.54) is 12.1 Å². The van der Waals surface area contributed by atoms with Crippen molar-refractivity contribution in [2.75, 3.05) is 20.3 Å². The molecule has 7 nitrogen and oxygen atoms in total. The monoisotopic (exact) mass is 441 g/mol. The number of hydrogen-bond donors (Lipinski definition) is 3. The van der Waals surface area contributed by atoms with Crippen molar-refractivity contribution >= 4 is 11.9 Å². The van der Waals surface area contributed by atoms with E-state index in [0.717, 1.165) is 41.0 Å². The van der Waals surface area contributed by atoms with Gasteiger partial charge in [0.1, 0.15) is 0 Å². The van der Waals surface area contributed by atoms with E-state index < -0.39 is 23.7 Å².